The van der Waals surface area contributed by atoms with E-state index in [4.69, 9.17) is 16.3 Å². The molecule has 4 aromatic rings. The second kappa shape index (κ2) is 6.85. The van der Waals surface area contributed by atoms with Crippen molar-refractivity contribution in [1.82, 2.24) is 15.4 Å². The molecule has 128 valence electrons. The van der Waals surface area contributed by atoms with Crippen molar-refractivity contribution in [3.63, 3.8) is 0 Å². The van der Waals surface area contributed by atoms with Gasteiger partial charge < -0.3 is 10.1 Å². The molecule has 4 rings (SSSR count). The van der Waals surface area contributed by atoms with Gasteiger partial charge in [0.2, 0.25) is 0 Å². The summed E-state index contributed by atoms with van der Waals surface area (Å²) in [5.41, 5.74) is 2.51. The highest BCUT2D eigenvalue weighted by atomic mass is 35.5. The number of ether oxygens (including phenoxy) is 1. The van der Waals surface area contributed by atoms with Gasteiger partial charge in [0.1, 0.15) is 22.5 Å². The summed E-state index contributed by atoms with van der Waals surface area (Å²) in [6, 6.07) is 19.4. The molecular formula is C19H13ClN4O2. The number of halogens is 1. The SMILES string of the molecule is O=C(Nc1ccc(Oc2ccccc2Cl)cc1)c1ccc2n[nH]nc2c1. The van der Waals surface area contributed by atoms with Crippen molar-refractivity contribution in [2.75, 3.05) is 5.32 Å². The van der Waals surface area contributed by atoms with Crippen molar-refractivity contribution in [2.45, 2.75) is 0 Å². The molecule has 1 aromatic heterocycles. The van der Waals surface area contributed by atoms with Crippen LogP contribution in [0.1, 0.15) is 10.4 Å². The van der Waals surface area contributed by atoms with Crippen molar-refractivity contribution in [2.24, 2.45) is 0 Å². The maximum atomic E-state index is 12.4. The Morgan fingerprint density at radius 3 is 2.54 bits per heavy atom. The molecule has 6 nitrogen and oxygen atoms in total. The molecule has 0 aliphatic heterocycles. The lowest BCUT2D eigenvalue weighted by atomic mass is 10.2. The topological polar surface area (TPSA) is 79.9 Å². The van der Waals surface area contributed by atoms with Gasteiger partial charge in [-0.2, -0.15) is 15.4 Å². The van der Waals surface area contributed by atoms with Crippen LogP contribution in [0.5, 0.6) is 11.5 Å². The van der Waals surface area contributed by atoms with Crippen LogP contribution in [-0.4, -0.2) is 21.3 Å². The fourth-order valence-electron chi connectivity index (χ4n) is 2.45. The summed E-state index contributed by atoms with van der Waals surface area (Å²) in [6.07, 6.45) is 0. The smallest absolute Gasteiger partial charge is 0.255 e. The number of nitrogens with one attached hydrogen (secondary N) is 2. The maximum absolute atomic E-state index is 12.4. The van der Waals surface area contributed by atoms with Gasteiger partial charge >= 0.3 is 0 Å². The van der Waals surface area contributed by atoms with Crippen LogP contribution in [0.25, 0.3) is 11.0 Å². The largest absolute Gasteiger partial charge is 0.456 e. The molecule has 0 unspecified atom stereocenters. The van der Waals surface area contributed by atoms with Crippen LogP contribution in [-0.2, 0) is 0 Å². The van der Waals surface area contributed by atoms with Crippen molar-refractivity contribution in [3.8, 4) is 11.5 Å². The molecule has 1 amide bonds. The predicted molar refractivity (Wildman–Crippen MR) is 99.8 cm³/mol. The standard InChI is InChI=1S/C19H13ClN4O2/c20-15-3-1-2-4-18(15)26-14-8-6-13(7-9-14)21-19(25)12-5-10-16-17(11-12)23-24-22-16/h1-11H,(H,21,25)(H,22,23,24). The van der Waals surface area contributed by atoms with E-state index in [0.29, 0.717) is 38.8 Å². The number of nitrogens with zero attached hydrogens (tertiary/aromatic N) is 2. The van der Waals surface area contributed by atoms with Crippen molar-refractivity contribution in [3.05, 3.63) is 77.3 Å². The van der Waals surface area contributed by atoms with Crippen molar-refractivity contribution in [1.29, 1.82) is 0 Å². The second-order valence-corrected chi connectivity index (χ2v) is 5.95. The summed E-state index contributed by atoms with van der Waals surface area (Å²) in [4.78, 5) is 12.4. The average molecular weight is 365 g/mol. The molecule has 26 heavy (non-hydrogen) atoms. The summed E-state index contributed by atoms with van der Waals surface area (Å²) < 4.78 is 5.73. The molecule has 0 saturated heterocycles. The molecular weight excluding hydrogens is 352 g/mol. The average Bonchev–Trinajstić information content (AvgIpc) is 3.13. The molecule has 0 spiro atoms. The predicted octanol–water partition coefficient (Wildman–Crippen LogP) is 4.66. The van der Waals surface area contributed by atoms with Crippen molar-refractivity contribution >= 4 is 34.2 Å². The Bertz CT molecular complexity index is 1080. The molecule has 0 radical (unpaired) electrons. The van der Waals surface area contributed by atoms with Crippen LogP contribution in [0, 0.1) is 0 Å². The van der Waals surface area contributed by atoms with E-state index in [-0.39, 0.29) is 5.91 Å². The number of benzene rings is 3. The van der Waals surface area contributed by atoms with Gasteiger partial charge in [0.15, 0.2) is 0 Å². The molecule has 0 bridgehead atoms. The molecule has 1 heterocycles. The normalized spacial score (nSPS) is 10.7. The second-order valence-electron chi connectivity index (χ2n) is 5.54. The summed E-state index contributed by atoms with van der Waals surface area (Å²) >= 11 is 6.08. The number of H-pyrrole nitrogens is 1. The Hall–Kier alpha value is -3.38. The molecule has 0 aliphatic rings. The fourth-order valence-corrected chi connectivity index (χ4v) is 2.62. The Morgan fingerprint density at radius 1 is 0.962 bits per heavy atom. The number of anilines is 1. The summed E-state index contributed by atoms with van der Waals surface area (Å²) in [5.74, 6) is 0.974. The minimum Gasteiger partial charge on any atom is -0.456 e. The van der Waals surface area contributed by atoms with E-state index in [2.05, 4.69) is 20.7 Å². The van der Waals surface area contributed by atoms with E-state index in [1.54, 1.807) is 54.6 Å². The Labute approximate surface area is 153 Å². The number of carbonyl (C=O) groups excluding carboxylic acids is 1. The zero-order valence-corrected chi connectivity index (χ0v) is 14.2. The number of aromatic nitrogens is 3. The number of para-hydroxylation sites is 1. The summed E-state index contributed by atoms with van der Waals surface area (Å²) in [7, 11) is 0. The quantitative estimate of drug-likeness (QED) is 0.552. The zero-order valence-electron chi connectivity index (χ0n) is 13.4. The number of fused-ring (bicyclic) bond motifs is 1. The lowest BCUT2D eigenvalue weighted by Crippen LogP contribution is -2.11. The van der Waals surface area contributed by atoms with Crippen LogP contribution >= 0.6 is 11.6 Å². The van der Waals surface area contributed by atoms with E-state index < -0.39 is 0 Å². The molecule has 7 heteroatoms. The number of hydrogen-bond donors (Lipinski definition) is 2. The first-order valence-electron chi connectivity index (χ1n) is 7.83. The minimum absolute atomic E-state index is 0.227. The third-order valence-electron chi connectivity index (χ3n) is 3.76. The molecule has 2 N–H and O–H groups in total. The first kappa shape index (κ1) is 16.1. The molecule has 3 aromatic carbocycles. The van der Waals surface area contributed by atoms with Gasteiger partial charge in [0, 0.05) is 11.3 Å². The Balaban J connectivity index is 1.46. The van der Waals surface area contributed by atoms with Crippen LogP contribution < -0.4 is 10.1 Å². The number of aromatic amines is 1. The van der Waals surface area contributed by atoms with Gasteiger partial charge in [0.05, 0.1) is 5.02 Å². The van der Waals surface area contributed by atoms with E-state index in [0.717, 1.165) is 0 Å². The van der Waals surface area contributed by atoms with E-state index in [1.165, 1.54) is 0 Å². The lowest BCUT2D eigenvalue weighted by Gasteiger charge is -2.09. The van der Waals surface area contributed by atoms with Gasteiger partial charge in [-0.25, -0.2) is 0 Å². The van der Waals surface area contributed by atoms with Gasteiger partial charge in [-0.15, -0.1) is 0 Å². The fraction of sp³-hybridized carbons (Fsp3) is 0. The highest BCUT2D eigenvalue weighted by molar-refractivity contribution is 6.32. The highest BCUT2D eigenvalue weighted by Crippen LogP contribution is 2.29. The van der Waals surface area contributed by atoms with E-state index in [9.17, 15) is 4.79 Å². The van der Waals surface area contributed by atoms with Gasteiger partial charge in [-0.3, -0.25) is 4.79 Å². The Kier molecular flexibility index (Phi) is 4.25. The molecule has 0 fully saturated rings. The van der Waals surface area contributed by atoms with Crippen molar-refractivity contribution < 1.29 is 9.53 Å². The molecule has 0 aliphatic carbocycles. The first-order valence-corrected chi connectivity index (χ1v) is 8.21. The number of hydrogen-bond acceptors (Lipinski definition) is 4. The third kappa shape index (κ3) is 3.36. The maximum Gasteiger partial charge on any atom is 0.255 e. The molecule has 0 saturated carbocycles. The number of amides is 1. The van der Waals surface area contributed by atoms with E-state index >= 15 is 0 Å². The van der Waals surface area contributed by atoms with E-state index in [1.807, 2.05) is 12.1 Å². The summed E-state index contributed by atoms with van der Waals surface area (Å²) in [6.45, 7) is 0. The van der Waals surface area contributed by atoms with Crippen LogP contribution in [0.2, 0.25) is 5.02 Å². The lowest BCUT2D eigenvalue weighted by molar-refractivity contribution is 0.102. The summed E-state index contributed by atoms with van der Waals surface area (Å²) in [5, 5.41) is 13.8. The third-order valence-corrected chi connectivity index (χ3v) is 4.07. The van der Waals surface area contributed by atoms with Crippen LogP contribution in [0.3, 0.4) is 0 Å². The van der Waals surface area contributed by atoms with Gasteiger partial charge in [-0.1, -0.05) is 23.7 Å². The van der Waals surface area contributed by atoms with Gasteiger partial charge in [0.25, 0.3) is 5.91 Å². The Morgan fingerprint density at radius 2 is 1.73 bits per heavy atom. The number of carbonyl (C=O) groups is 1. The highest BCUT2D eigenvalue weighted by Gasteiger charge is 2.09. The minimum atomic E-state index is -0.227. The zero-order chi connectivity index (χ0) is 17.9. The van der Waals surface area contributed by atoms with Crippen LogP contribution in [0.15, 0.2) is 66.7 Å². The monoisotopic (exact) mass is 364 g/mol. The van der Waals surface area contributed by atoms with Crippen LogP contribution in [0.4, 0.5) is 5.69 Å². The molecule has 0 atom stereocenters. The van der Waals surface area contributed by atoms with Gasteiger partial charge in [-0.05, 0) is 54.6 Å². The number of rotatable bonds is 4. The first-order chi connectivity index (χ1) is 12.7.